The van der Waals surface area contributed by atoms with Gasteiger partial charge in [-0.15, -0.1) is 0 Å². The van der Waals surface area contributed by atoms with Crippen LogP contribution in [0.5, 0.6) is 0 Å². The van der Waals surface area contributed by atoms with Gasteiger partial charge >= 0.3 is 6.18 Å². The molecule has 176 valence electrons. The fourth-order valence-electron chi connectivity index (χ4n) is 4.41. The second-order valence-corrected chi connectivity index (χ2v) is 8.24. The molecule has 0 saturated carbocycles. The number of amides is 1. The number of aromatic nitrogens is 3. The third-order valence-electron chi connectivity index (χ3n) is 6.18. The fourth-order valence-corrected chi connectivity index (χ4v) is 4.41. The maximum Gasteiger partial charge on any atom is 0.416 e. The number of halogens is 4. The SMILES string of the molecule is CN(C(=O)c1cc2c(cc1F)nc(N)c1c2cnn1C)[C@@H]1COCc2cc(C(F)(F)F)ccc21. The molecule has 7 nitrogen and oxygen atoms in total. The van der Waals surface area contributed by atoms with Crippen molar-refractivity contribution >= 4 is 33.5 Å². The Hall–Kier alpha value is -3.73. The number of likely N-dealkylation sites (N-methyl/N-ethyl adjacent to an activating group) is 1. The van der Waals surface area contributed by atoms with Crippen LogP contribution in [0.2, 0.25) is 0 Å². The largest absolute Gasteiger partial charge is 0.416 e. The van der Waals surface area contributed by atoms with Crippen LogP contribution in [0.3, 0.4) is 0 Å². The average Bonchev–Trinajstić information content (AvgIpc) is 3.18. The number of rotatable bonds is 2. The number of hydrogen-bond donors (Lipinski definition) is 1. The number of carbonyl (C=O) groups excluding carboxylic acids is 1. The van der Waals surface area contributed by atoms with E-state index in [0.29, 0.717) is 27.4 Å². The molecule has 0 spiro atoms. The molecule has 5 rings (SSSR count). The van der Waals surface area contributed by atoms with Gasteiger partial charge in [0.2, 0.25) is 0 Å². The fraction of sp³-hybridized carbons (Fsp3) is 0.261. The Morgan fingerprint density at radius 1 is 1.24 bits per heavy atom. The monoisotopic (exact) mass is 473 g/mol. The van der Waals surface area contributed by atoms with Gasteiger partial charge in [0.15, 0.2) is 0 Å². The van der Waals surface area contributed by atoms with E-state index in [1.165, 1.54) is 24.1 Å². The second kappa shape index (κ2) is 7.66. The zero-order valence-corrected chi connectivity index (χ0v) is 18.2. The first-order valence-corrected chi connectivity index (χ1v) is 10.3. The lowest BCUT2D eigenvalue weighted by atomic mass is 9.95. The Balaban J connectivity index is 1.55. The average molecular weight is 473 g/mol. The van der Waals surface area contributed by atoms with Gasteiger partial charge in [-0.25, -0.2) is 9.37 Å². The first-order chi connectivity index (χ1) is 16.1. The molecule has 1 amide bonds. The molecular formula is C23H19F4N5O2. The maximum atomic E-state index is 15.0. The summed E-state index contributed by atoms with van der Waals surface area (Å²) in [5.41, 5.74) is 6.69. The van der Waals surface area contributed by atoms with Crippen LogP contribution in [0, 0.1) is 5.82 Å². The van der Waals surface area contributed by atoms with Gasteiger partial charge < -0.3 is 15.4 Å². The van der Waals surface area contributed by atoms with E-state index < -0.39 is 29.5 Å². The van der Waals surface area contributed by atoms with E-state index in [1.807, 2.05) is 0 Å². The van der Waals surface area contributed by atoms with Crippen LogP contribution < -0.4 is 5.73 Å². The predicted molar refractivity (Wildman–Crippen MR) is 116 cm³/mol. The Labute approximate surface area is 190 Å². The number of benzene rings is 2. The summed E-state index contributed by atoms with van der Waals surface area (Å²) in [6.45, 7) is 0.0644. The number of fused-ring (bicyclic) bond motifs is 4. The zero-order chi connectivity index (χ0) is 24.4. The second-order valence-electron chi connectivity index (χ2n) is 8.24. The van der Waals surface area contributed by atoms with Gasteiger partial charge in [0, 0.05) is 30.9 Å². The molecule has 0 radical (unpaired) electrons. The topological polar surface area (TPSA) is 86.3 Å². The third kappa shape index (κ3) is 3.43. The number of nitrogens with two attached hydrogens (primary N) is 1. The standard InChI is InChI=1S/C23H19F4N5O2/c1-31(19-10-34-9-11-5-12(23(25,26)27)3-4-13(11)19)22(33)15-6-14-16-8-29-32(2)20(16)21(28)30-18(14)7-17(15)24/h3-8,19H,9-10H2,1-2H3,(H2,28,30)/t19-/m1/s1. The van der Waals surface area contributed by atoms with Crippen LogP contribution in [0.15, 0.2) is 36.5 Å². The minimum Gasteiger partial charge on any atom is -0.382 e. The van der Waals surface area contributed by atoms with E-state index in [9.17, 15) is 18.0 Å². The lowest BCUT2D eigenvalue weighted by Gasteiger charge is -2.33. The molecule has 3 heterocycles. The molecule has 1 atom stereocenters. The predicted octanol–water partition coefficient (Wildman–Crippen LogP) is 4.21. The molecule has 2 aromatic carbocycles. The van der Waals surface area contributed by atoms with E-state index in [4.69, 9.17) is 10.5 Å². The van der Waals surface area contributed by atoms with E-state index in [1.54, 1.807) is 17.9 Å². The molecule has 2 aromatic heterocycles. The quantitative estimate of drug-likeness (QED) is 0.441. The van der Waals surface area contributed by atoms with Gasteiger partial charge in [-0.3, -0.25) is 9.48 Å². The highest BCUT2D eigenvalue weighted by molar-refractivity contribution is 6.10. The Morgan fingerprint density at radius 3 is 2.74 bits per heavy atom. The van der Waals surface area contributed by atoms with Gasteiger partial charge in [0.05, 0.1) is 42.1 Å². The summed E-state index contributed by atoms with van der Waals surface area (Å²) >= 11 is 0. The molecule has 1 aliphatic heterocycles. The number of carbonyl (C=O) groups is 1. The van der Waals surface area contributed by atoms with Crippen molar-refractivity contribution < 1.29 is 27.1 Å². The van der Waals surface area contributed by atoms with Crippen LogP contribution in [0.4, 0.5) is 23.4 Å². The van der Waals surface area contributed by atoms with Crippen LogP contribution in [-0.2, 0) is 24.6 Å². The van der Waals surface area contributed by atoms with Gasteiger partial charge in [-0.05, 0) is 29.3 Å². The summed E-state index contributed by atoms with van der Waals surface area (Å²) in [7, 11) is 3.16. The third-order valence-corrected chi connectivity index (χ3v) is 6.18. The minimum atomic E-state index is -4.49. The van der Waals surface area contributed by atoms with Gasteiger partial charge in [0.25, 0.3) is 5.91 Å². The summed E-state index contributed by atoms with van der Waals surface area (Å²) in [6, 6.07) is 5.19. The first-order valence-electron chi connectivity index (χ1n) is 10.3. The number of ether oxygens (including phenoxy) is 1. The number of nitrogen functional groups attached to an aromatic ring is 1. The summed E-state index contributed by atoms with van der Waals surface area (Å²) in [4.78, 5) is 18.8. The summed E-state index contributed by atoms with van der Waals surface area (Å²) < 4.78 is 61.3. The normalized spacial score (nSPS) is 16.1. The van der Waals surface area contributed by atoms with Crippen LogP contribution in [0.25, 0.3) is 21.8 Å². The maximum absolute atomic E-state index is 15.0. The molecule has 34 heavy (non-hydrogen) atoms. The first kappa shape index (κ1) is 22.1. The van der Waals surface area contributed by atoms with Gasteiger partial charge in [-0.1, -0.05) is 6.07 Å². The summed E-state index contributed by atoms with van der Waals surface area (Å²) in [5.74, 6) is -1.24. The number of hydrogen-bond acceptors (Lipinski definition) is 5. The smallest absolute Gasteiger partial charge is 0.382 e. The lowest BCUT2D eigenvalue weighted by Crippen LogP contribution is -2.36. The van der Waals surface area contributed by atoms with E-state index in [0.717, 1.165) is 18.2 Å². The molecule has 0 fully saturated rings. The van der Waals surface area contributed by atoms with Crippen LogP contribution in [-0.4, -0.2) is 39.2 Å². The Bertz CT molecular complexity index is 1460. The van der Waals surface area contributed by atoms with Crippen molar-refractivity contribution in [2.24, 2.45) is 7.05 Å². The van der Waals surface area contributed by atoms with Crippen LogP contribution in [0.1, 0.15) is 33.1 Å². The highest BCUT2D eigenvalue weighted by Crippen LogP contribution is 2.36. The van der Waals surface area contributed by atoms with Gasteiger partial charge in [0.1, 0.15) is 17.2 Å². The number of nitrogens with zero attached hydrogens (tertiary/aromatic N) is 4. The number of pyridine rings is 1. The van der Waals surface area contributed by atoms with Crippen molar-refractivity contribution in [1.82, 2.24) is 19.7 Å². The Kier molecular flexibility index (Phi) is 4.97. The van der Waals surface area contributed by atoms with Gasteiger partial charge in [-0.2, -0.15) is 18.3 Å². The molecule has 0 aliphatic carbocycles. The number of anilines is 1. The number of alkyl halides is 3. The molecule has 11 heteroatoms. The molecule has 0 unspecified atom stereocenters. The zero-order valence-electron chi connectivity index (χ0n) is 18.2. The molecule has 0 bridgehead atoms. The van der Waals surface area contributed by atoms with Crippen molar-refractivity contribution in [3.8, 4) is 0 Å². The summed E-state index contributed by atoms with van der Waals surface area (Å²) in [6.07, 6.45) is -2.93. The van der Waals surface area contributed by atoms with Crippen molar-refractivity contribution in [1.29, 1.82) is 0 Å². The molecule has 0 saturated heterocycles. The Morgan fingerprint density at radius 2 is 2.00 bits per heavy atom. The van der Waals surface area contributed by atoms with Crippen molar-refractivity contribution in [2.75, 3.05) is 19.4 Å². The molecular weight excluding hydrogens is 454 g/mol. The molecule has 2 N–H and O–H groups in total. The highest BCUT2D eigenvalue weighted by atomic mass is 19.4. The minimum absolute atomic E-state index is 0.00575. The lowest BCUT2D eigenvalue weighted by molar-refractivity contribution is -0.137. The van der Waals surface area contributed by atoms with E-state index >= 15 is 4.39 Å². The van der Waals surface area contributed by atoms with E-state index in [-0.39, 0.29) is 30.1 Å². The van der Waals surface area contributed by atoms with Crippen LogP contribution >= 0.6 is 0 Å². The molecule has 4 aromatic rings. The highest BCUT2D eigenvalue weighted by Gasteiger charge is 2.34. The van der Waals surface area contributed by atoms with E-state index in [2.05, 4.69) is 10.1 Å². The van der Waals surface area contributed by atoms with Crippen molar-refractivity contribution in [3.05, 3.63) is 64.6 Å². The molecule has 1 aliphatic rings. The van der Waals surface area contributed by atoms with Crippen molar-refractivity contribution in [2.45, 2.75) is 18.8 Å². The summed E-state index contributed by atoms with van der Waals surface area (Å²) in [5, 5.41) is 5.30. The number of aryl methyl sites for hydroxylation is 1. The van der Waals surface area contributed by atoms with Crippen molar-refractivity contribution in [3.63, 3.8) is 0 Å².